The predicted octanol–water partition coefficient (Wildman–Crippen LogP) is 6.32. The van der Waals surface area contributed by atoms with Crippen molar-refractivity contribution >= 4 is 59.6 Å². The summed E-state index contributed by atoms with van der Waals surface area (Å²) < 4.78 is 6.65. The van der Waals surface area contributed by atoms with E-state index in [0.29, 0.717) is 5.56 Å². The Morgan fingerprint density at radius 2 is 1.56 bits per heavy atom. The molecule has 0 bridgehead atoms. The van der Waals surface area contributed by atoms with Gasteiger partial charge in [-0.1, -0.05) is 42.5 Å². The number of aromatic nitrogens is 1. The third-order valence-electron chi connectivity index (χ3n) is 3.77. The number of para-hydroxylation sites is 1. The molecule has 0 saturated carbocycles. The van der Waals surface area contributed by atoms with Crippen LogP contribution in [0.5, 0.6) is 0 Å². The van der Waals surface area contributed by atoms with Gasteiger partial charge in [-0.2, -0.15) is 0 Å². The quantitative estimate of drug-likeness (QED) is 0.337. The lowest BCUT2D eigenvalue weighted by molar-refractivity contribution is 0.0600. The van der Waals surface area contributed by atoms with Crippen molar-refractivity contribution in [3.63, 3.8) is 0 Å². The van der Waals surface area contributed by atoms with Crippen molar-refractivity contribution < 1.29 is 9.53 Å². The van der Waals surface area contributed by atoms with Crippen molar-refractivity contribution in [3.8, 4) is 0 Å². The molecule has 0 radical (unpaired) electrons. The first kappa shape index (κ1) is 17.7. The number of carbonyl (C=O) groups is 1. The minimum Gasteiger partial charge on any atom is -0.465 e. The fourth-order valence-electron chi connectivity index (χ4n) is 2.55. The Morgan fingerprint density at radius 3 is 2.28 bits per heavy atom. The van der Waals surface area contributed by atoms with E-state index >= 15 is 0 Å². The maximum absolute atomic E-state index is 10.8. The van der Waals surface area contributed by atoms with Crippen LogP contribution in [0.25, 0.3) is 21.8 Å². The highest BCUT2D eigenvalue weighted by Crippen LogP contribution is 2.34. The van der Waals surface area contributed by atoms with Crippen LogP contribution in [0.4, 0.5) is 0 Å². The van der Waals surface area contributed by atoms with Crippen molar-refractivity contribution in [3.05, 3.63) is 81.2 Å². The molecule has 0 saturated heterocycles. The lowest BCUT2D eigenvalue weighted by Crippen LogP contribution is -1.99. The molecule has 4 aromatic rings. The molecule has 0 spiro atoms. The topological polar surface area (TPSA) is 42.1 Å². The van der Waals surface area contributed by atoms with Crippen LogP contribution >= 0.6 is 31.9 Å². The van der Waals surface area contributed by atoms with Crippen LogP contribution in [0.15, 0.2) is 75.7 Å². The smallest absolute Gasteiger partial charge is 0.337 e. The summed E-state index contributed by atoms with van der Waals surface area (Å²) >= 11 is 7.09. The molecule has 1 heterocycles. The number of H-pyrrole nitrogens is 1. The average Bonchev–Trinajstić information content (AvgIpc) is 3.05. The van der Waals surface area contributed by atoms with Crippen LogP contribution in [-0.4, -0.2) is 18.1 Å². The second-order valence-corrected chi connectivity index (χ2v) is 6.96. The molecular formula is C20H15Br2NO2. The monoisotopic (exact) mass is 459 g/mol. The van der Waals surface area contributed by atoms with Gasteiger partial charge >= 0.3 is 5.97 Å². The molecule has 0 amide bonds. The van der Waals surface area contributed by atoms with Gasteiger partial charge in [-0.3, -0.25) is 0 Å². The molecule has 1 N–H and O–H groups in total. The van der Waals surface area contributed by atoms with Gasteiger partial charge in [0, 0.05) is 20.8 Å². The third-order valence-corrected chi connectivity index (χ3v) is 5.78. The van der Waals surface area contributed by atoms with Gasteiger partial charge in [0.15, 0.2) is 0 Å². The van der Waals surface area contributed by atoms with E-state index in [9.17, 15) is 4.79 Å². The minimum absolute atomic E-state index is 0.291. The Bertz CT molecular complexity index is 1030. The fourth-order valence-corrected chi connectivity index (χ4v) is 3.33. The summed E-state index contributed by atoms with van der Waals surface area (Å²) in [5, 5.41) is 2.52. The SMILES string of the molecule is Brc1ccc2c([nH]c3ccccc32)c1Br.COC(=O)c1ccccc1. The number of hydrogen-bond donors (Lipinski definition) is 1. The summed E-state index contributed by atoms with van der Waals surface area (Å²) in [6.45, 7) is 0. The van der Waals surface area contributed by atoms with Gasteiger partial charge in [-0.25, -0.2) is 4.79 Å². The molecule has 0 unspecified atom stereocenters. The van der Waals surface area contributed by atoms with Crippen molar-refractivity contribution in [2.45, 2.75) is 0 Å². The van der Waals surface area contributed by atoms with Gasteiger partial charge in [0.05, 0.1) is 22.7 Å². The van der Waals surface area contributed by atoms with Gasteiger partial charge in [-0.05, 0) is 56.1 Å². The maximum Gasteiger partial charge on any atom is 0.337 e. The average molecular weight is 461 g/mol. The van der Waals surface area contributed by atoms with E-state index in [1.807, 2.05) is 12.1 Å². The first-order valence-electron chi connectivity index (χ1n) is 7.59. The molecule has 0 aliphatic heterocycles. The molecule has 3 nitrogen and oxygen atoms in total. The van der Waals surface area contributed by atoms with Gasteiger partial charge in [-0.15, -0.1) is 0 Å². The molecule has 4 rings (SSSR count). The number of halogens is 2. The number of methoxy groups -OCH3 is 1. The molecule has 0 aliphatic carbocycles. The van der Waals surface area contributed by atoms with Gasteiger partial charge in [0.25, 0.3) is 0 Å². The first-order valence-corrected chi connectivity index (χ1v) is 9.18. The Hall–Kier alpha value is -2.11. The summed E-state index contributed by atoms with van der Waals surface area (Å²) in [6.07, 6.45) is 0. The van der Waals surface area contributed by atoms with Crippen molar-refractivity contribution in [2.24, 2.45) is 0 Å². The van der Waals surface area contributed by atoms with Crippen molar-refractivity contribution in [1.82, 2.24) is 4.98 Å². The Balaban J connectivity index is 0.000000160. The highest BCUT2D eigenvalue weighted by Gasteiger charge is 2.08. The highest BCUT2D eigenvalue weighted by atomic mass is 79.9. The van der Waals surface area contributed by atoms with E-state index in [2.05, 4.69) is 71.9 Å². The predicted molar refractivity (Wildman–Crippen MR) is 109 cm³/mol. The van der Waals surface area contributed by atoms with E-state index in [4.69, 9.17) is 0 Å². The molecule has 1 aromatic heterocycles. The van der Waals surface area contributed by atoms with Crippen LogP contribution in [0, 0.1) is 0 Å². The molecule has 0 fully saturated rings. The van der Waals surface area contributed by atoms with Gasteiger partial charge in [0.1, 0.15) is 0 Å². The molecule has 0 atom stereocenters. The van der Waals surface area contributed by atoms with Crippen molar-refractivity contribution in [1.29, 1.82) is 0 Å². The fraction of sp³-hybridized carbons (Fsp3) is 0.0500. The lowest BCUT2D eigenvalue weighted by Gasteiger charge is -1.97. The lowest BCUT2D eigenvalue weighted by atomic mass is 10.2. The number of carbonyl (C=O) groups excluding carboxylic acids is 1. The van der Waals surface area contributed by atoms with Crippen LogP contribution in [0.2, 0.25) is 0 Å². The second kappa shape index (κ2) is 7.85. The number of nitrogens with one attached hydrogen (secondary N) is 1. The van der Waals surface area contributed by atoms with E-state index < -0.39 is 0 Å². The number of ether oxygens (including phenoxy) is 1. The summed E-state index contributed by atoms with van der Waals surface area (Å²) in [5.74, 6) is -0.291. The standard InChI is InChI=1S/C12H7Br2N.C8H8O2/c13-9-6-5-8-7-3-1-2-4-10(7)15-12(8)11(9)14;1-10-8(9)7-5-3-2-4-6-7/h1-6,15H;2-6H,1H3. The third kappa shape index (κ3) is 3.78. The summed E-state index contributed by atoms with van der Waals surface area (Å²) in [5.41, 5.74) is 2.90. The summed E-state index contributed by atoms with van der Waals surface area (Å²) in [6, 6.07) is 21.4. The van der Waals surface area contributed by atoms with E-state index in [0.717, 1.165) is 14.5 Å². The molecule has 0 aliphatic rings. The zero-order chi connectivity index (χ0) is 17.8. The highest BCUT2D eigenvalue weighted by molar-refractivity contribution is 9.13. The van der Waals surface area contributed by atoms with Gasteiger partial charge < -0.3 is 9.72 Å². The van der Waals surface area contributed by atoms with Crippen LogP contribution < -0.4 is 0 Å². The van der Waals surface area contributed by atoms with E-state index in [1.165, 1.54) is 23.4 Å². The summed E-state index contributed by atoms with van der Waals surface area (Å²) in [7, 11) is 1.37. The van der Waals surface area contributed by atoms with E-state index in [-0.39, 0.29) is 5.97 Å². The minimum atomic E-state index is -0.291. The summed E-state index contributed by atoms with van der Waals surface area (Å²) in [4.78, 5) is 14.2. The van der Waals surface area contributed by atoms with Gasteiger partial charge in [0.2, 0.25) is 0 Å². The Kier molecular flexibility index (Phi) is 5.56. The zero-order valence-electron chi connectivity index (χ0n) is 13.4. The first-order chi connectivity index (χ1) is 12.1. The normalized spacial score (nSPS) is 10.4. The zero-order valence-corrected chi connectivity index (χ0v) is 16.6. The number of rotatable bonds is 1. The van der Waals surface area contributed by atoms with Crippen LogP contribution in [-0.2, 0) is 4.74 Å². The largest absolute Gasteiger partial charge is 0.465 e. The number of hydrogen-bond acceptors (Lipinski definition) is 2. The number of esters is 1. The number of benzene rings is 3. The molecule has 126 valence electrons. The molecular weight excluding hydrogens is 446 g/mol. The molecule has 5 heteroatoms. The number of fused-ring (bicyclic) bond motifs is 3. The van der Waals surface area contributed by atoms with Crippen LogP contribution in [0.3, 0.4) is 0 Å². The Labute approximate surface area is 162 Å². The van der Waals surface area contributed by atoms with E-state index in [1.54, 1.807) is 24.3 Å². The maximum atomic E-state index is 10.8. The number of aromatic amines is 1. The Morgan fingerprint density at radius 1 is 0.880 bits per heavy atom. The van der Waals surface area contributed by atoms with Crippen LogP contribution in [0.1, 0.15) is 10.4 Å². The molecule has 25 heavy (non-hydrogen) atoms. The van der Waals surface area contributed by atoms with Crippen molar-refractivity contribution in [2.75, 3.05) is 7.11 Å². The second-order valence-electron chi connectivity index (χ2n) is 5.31. The molecule has 3 aromatic carbocycles.